The smallest absolute Gasteiger partial charge is 0.306 e. The maximum Gasteiger partial charge on any atom is 0.306 e. The van der Waals surface area contributed by atoms with Crippen LogP contribution in [0.3, 0.4) is 0 Å². The van der Waals surface area contributed by atoms with E-state index in [9.17, 15) is 14.4 Å². The summed E-state index contributed by atoms with van der Waals surface area (Å²) in [6.07, 6.45) is -0.0356. The molecule has 0 aliphatic rings. The van der Waals surface area contributed by atoms with Crippen molar-refractivity contribution in [2.45, 2.75) is 19.8 Å². The number of thiophene rings is 1. The number of ether oxygens (including phenoxy) is 2. The second-order valence-corrected chi connectivity index (χ2v) is 7.11. The number of ketones is 1. The van der Waals surface area contributed by atoms with Crippen LogP contribution < -0.4 is 10.1 Å². The fourth-order valence-electron chi connectivity index (χ4n) is 2.11. The highest BCUT2D eigenvalue weighted by molar-refractivity contribution is 7.14. The number of Topliss-reactive ketones (excluding diaryl/α,β-unsaturated/α-hetero) is 1. The van der Waals surface area contributed by atoms with Gasteiger partial charge >= 0.3 is 5.97 Å². The summed E-state index contributed by atoms with van der Waals surface area (Å²) in [7, 11) is 1.46. The zero-order valence-corrected chi connectivity index (χ0v) is 15.9. The first-order valence-electron chi connectivity index (χ1n) is 7.77. The first-order chi connectivity index (χ1) is 12.4. The van der Waals surface area contributed by atoms with Gasteiger partial charge in [-0.3, -0.25) is 14.4 Å². The average molecular weight is 396 g/mol. The predicted molar refractivity (Wildman–Crippen MR) is 100 cm³/mol. The van der Waals surface area contributed by atoms with Crippen molar-refractivity contribution in [2.75, 3.05) is 19.0 Å². The number of hydrogen-bond donors (Lipinski definition) is 1. The van der Waals surface area contributed by atoms with E-state index in [1.807, 2.05) is 13.0 Å². The zero-order chi connectivity index (χ0) is 19.1. The van der Waals surface area contributed by atoms with Gasteiger partial charge in [-0.2, -0.15) is 0 Å². The summed E-state index contributed by atoms with van der Waals surface area (Å²) >= 11 is 7.27. The Kier molecular flexibility index (Phi) is 7.17. The van der Waals surface area contributed by atoms with Gasteiger partial charge in [0.25, 0.3) is 5.91 Å². The quantitative estimate of drug-likeness (QED) is 0.542. The van der Waals surface area contributed by atoms with Crippen LogP contribution >= 0.6 is 22.9 Å². The van der Waals surface area contributed by atoms with E-state index in [1.54, 1.807) is 18.2 Å². The summed E-state index contributed by atoms with van der Waals surface area (Å²) in [6.45, 7) is 1.45. The number of carbonyl (C=O) groups is 3. The third-order valence-corrected chi connectivity index (χ3v) is 4.65. The first-order valence-corrected chi connectivity index (χ1v) is 8.97. The van der Waals surface area contributed by atoms with Crippen molar-refractivity contribution in [3.05, 3.63) is 45.1 Å². The van der Waals surface area contributed by atoms with E-state index < -0.39 is 18.5 Å². The zero-order valence-electron chi connectivity index (χ0n) is 14.3. The minimum absolute atomic E-state index is 0.0442. The van der Waals surface area contributed by atoms with E-state index in [1.165, 1.54) is 24.5 Å². The topological polar surface area (TPSA) is 81.7 Å². The molecule has 2 rings (SSSR count). The van der Waals surface area contributed by atoms with Crippen LogP contribution in [0.2, 0.25) is 5.02 Å². The second-order valence-electron chi connectivity index (χ2n) is 5.39. The number of amides is 1. The van der Waals surface area contributed by atoms with Crippen molar-refractivity contribution < 1.29 is 23.9 Å². The molecule has 0 spiro atoms. The lowest BCUT2D eigenvalue weighted by Gasteiger charge is -2.10. The van der Waals surface area contributed by atoms with Gasteiger partial charge in [-0.15, -0.1) is 11.3 Å². The predicted octanol–water partition coefficient (Wildman–Crippen LogP) is 3.86. The number of esters is 1. The molecule has 0 aliphatic heterocycles. The average Bonchev–Trinajstić information content (AvgIpc) is 3.04. The molecule has 0 atom stereocenters. The maximum absolute atomic E-state index is 11.9. The number of anilines is 1. The molecule has 0 fully saturated rings. The number of nitrogens with one attached hydrogen (secondary N) is 1. The van der Waals surface area contributed by atoms with Crippen LogP contribution in [0.5, 0.6) is 5.75 Å². The largest absolute Gasteiger partial charge is 0.495 e. The van der Waals surface area contributed by atoms with Crippen molar-refractivity contribution in [3.63, 3.8) is 0 Å². The molecule has 1 N–H and O–H groups in total. The number of carbonyl (C=O) groups excluding carboxylic acids is 3. The normalized spacial score (nSPS) is 10.3. The monoisotopic (exact) mass is 395 g/mol. The van der Waals surface area contributed by atoms with Crippen LogP contribution in [0.4, 0.5) is 5.69 Å². The van der Waals surface area contributed by atoms with Gasteiger partial charge in [0, 0.05) is 16.3 Å². The van der Waals surface area contributed by atoms with E-state index >= 15 is 0 Å². The van der Waals surface area contributed by atoms with Crippen LogP contribution in [0, 0.1) is 6.92 Å². The van der Waals surface area contributed by atoms with Gasteiger partial charge in [-0.05, 0) is 37.3 Å². The van der Waals surface area contributed by atoms with Crippen molar-refractivity contribution >= 4 is 46.3 Å². The molecule has 0 unspecified atom stereocenters. The van der Waals surface area contributed by atoms with Crippen LogP contribution in [0.1, 0.15) is 27.4 Å². The lowest BCUT2D eigenvalue weighted by atomic mass is 10.2. The maximum atomic E-state index is 11.9. The third-order valence-electron chi connectivity index (χ3n) is 3.37. The first kappa shape index (κ1) is 19.9. The number of rotatable bonds is 8. The Morgan fingerprint density at radius 3 is 2.58 bits per heavy atom. The minimum Gasteiger partial charge on any atom is -0.495 e. The molecule has 0 aliphatic carbocycles. The standard InChI is InChI=1S/C18H18ClNO5S/c1-11-3-7-16(26-11)14(21)5-8-18(23)25-10-17(22)20-13-9-12(19)4-6-15(13)24-2/h3-4,6-7,9H,5,8,10H2,1-2H3,(H,20,22). The molecule has 26 heavy (non-hydrogen) atoms. The summed E-state index contributed by atoms with van der Waals surface area (Å²) in [5.41, 5.74) is 0.379. The molecule has 1 heterocycles. The molecule has 0 radical (unpaired) electrons. The van der Waals surface area contributed by atoms with Gasteiger partial charge in [0.05, 0.1) is 24.1 Å². The fourth-order valence-corrected chi connectivity index (χ4v) is 3.11. The number of methoxy groups -OCH3 is 1. The van der Waals surface area contributed by atoms with Gasteiger partial charge in [0.2, 0.25) is 0 Å². The van der Waals surface area contributed by atoms with Crippen molar-refractivity contribution in [1.29, 1.82) is 0 Å². The minimum atomic E-state index is -0.611. The highest BCUT2D eigenvalue weighted by Crippen LogP contribution is 2.27. The second kappa shape index (κ2) is 9.35. The van der Waals surface area contributed by atoms with Gasteiger partial charge in [0.15, 0.2) is 12.4 Å². The molecule has 0 bridgehead atoms. The number of hydrogen-bond acceptors (Lipinski definition) is 6. The third kappa shape index (κ3) is 5.86. The molecule has 1 aromatic heterocycles. The summed E-state index contributed by atoms with van der Waals surface area (Å²) < 4.78 is 10.0. The molecule has 138 valence electrons. The molecule has 6 nitrogen and oxygen atoms in total. The van der Waals surface area contributed by atoms with Gasteiger partial charge < -0.3 is 14.8 Å². The lowest BCUT2D eigenvalue weighted by Crippen LogP contribution is -2.21. The van der Waals surface area contributed by atoms with Crippen LogP contribution in [0.15, 0.2) is 30.3 Å². The van der Waals surface area contributed by atoms with Gasteiger partial charge in [-0.1, -0.05) is 11.6 Å². The molecule has 0 saturated carbocycles. The number of halogens is 1. The van der Waals surface area contributed by atoms with Crippen molar-refractivity contribution in [1.82, 2.24) is 0 Å². The van der Waals surface area contributed by atoms with E-state index in [4.69, 9.17) is 21.1 Å². The van der Waals surface area contributed by atoms with Crippen LogP contribution in [-0.2, 0) is 14.3 Å². The Hall–Kier alpha value is -2.38. The van der Waals surface area contributed by atoms with Crippen LogP contribution in [0.25, 0.3) is 0 Å². The molecule has 2 aromatic rings. The Labute approximate surface area is 160 Å². The number of benzene rings is 1. The molecular weight excluding hydrogens is 378 g/mol. The van der Waals surface area contributed by atoms with Crippen molar-refractivity contribution in [2.24, 2.45) is 0 Å². The Bertz CT molecular complexity index is 818. The summed E-state index contributed by atoms with van der Waals surface area (Å²) in [5.74, 6) is -0.821. The summed E-state index contributed by atoms with van der Waals surface area (Å²) in [5, 5.41) is 2.99. The molecule has 1 aromatic carbocycles. The molecule has 0 saturated heterocycles. The van der Waals surface area contributed by atoms with Gasteiger partial charge in [-0.25, -0.2) is 0 Å². The highest BCUT2D eigenvalue weighted by Gasteiger charge is 2.14. The summed E-state index contributed by atoms with van der Waals surface area (Å²) in [6, 6.07) is 8.36. The van der Waals surface area contributed by atoms with Gasteiger partial charge in [0.1, 0.15) is 5.75 Å². The number of aryl methyl sites for hydroxylation is 1. The summed E-state index contributed by atoms with van der Waals surface area (Å²) in [4.78, 5) is 37.2. The lowest BCUT2D eigenvalue weighted by molar-refractivity contribution is -0.147. The fraction of sp³-hybridized carbons (Fsp3) is 0.278. The van der Waals surface area contributed by atoms with E-state index in [0.29, 0.717) is 21.3 Å². The van der Waals surface area contributed by atoms with Crippen molar-refractivity contribution in [3.8, 4) is 5.75 Å². The molecular formula is C18H18ClNO5S. The Balaban J connectivity index is 1.77. The highest BCUT2D eigenvalue weighted by atomic mass is 35.5. The Morgan fingerprint density at radius 2 is 1.92 bits per heavy atom. The van der Waals surface area contributed by atoms with E-state index in [2.05, 4.69) is 5.32 Å². The van der Waals surface area contributed by atoms with Crippen LogP contribution in [-0.4, -0.2) is 31.4 Å². The van der Waals surface area contributed by atoms with E-state index in [-0.39, 0.29) is 18.6 Å². The van der Waals surface area contributed by atoms with E-state index in [0.717, 1.165) is 4.88 Å². The molecule has 1 amide bonds. The SMILES string of the molecule is COc1ccc(Cl)cc1NC(=O)COC(=O)CCC(=O)c1ccc(C)s1. The molecule has 8 heteroatoms. The Morgan fingerprint density at radius 1 is 1.15 bits per heavy atom.